The average molecular weight is 310 g/mol. The van der Waals surface area contributed by atoms with Crippen LogP contribution < -0.4 is 5.32 Å². The number of hydrogen-bond donors (Lipinski definition) is 1. The number of amides is 1. The van der Waals surface area contributed by atoms with E-state index in [1.807, 2.05) is 37.3 Å². The summed E-state index contributed by atoms with van der Waals surface area (Å²) in [6, 6.07) is 17.0. The first-order valence-electron chi connectivity index (χ1n) is 7.22. The minimum atomic E-state index is -0.423. The van der Waals surface area contributed by atoms with Crippen molar-refractivity contribution in [3.8, 4) is 11.3 Å². The van der Waals surface area contributed by atoms with Gasteiger partial charge in [0.05, 0.1) is 11.6 Å². The van der Waals surface area contributed by atoms with E-state index in [4.69, 9.17) is 4.52 Å². The fraction of sp³-hybridized carbons (Fsp3) is 0.111. The molecule has 3 aromatic rings. The van der Waals surface area contributed by atoms with E-state index in [9.17, 15) is 9.18 Å². The molecule has 1 atom stereocenters. The zero-order valence-electron chi connectivity index (χ0n) is 12.5. The molecule has 3 rings (SSSR count). The summed E-state index contributed by atoms with van der Waals surface area (Å²) in [4.78, 5) is 12.2. The highest BCUT2D eigenvalue weighted by Gasteiger charge is 2.17. The van der Waals surface area contributed by atoms with Crippen LogP contribution in [0.4, 0.5) is 4.39 Å². The topological polar surface area (TPSA) is 55.1 Å². The highest BCUT2D eigenvalue weighted by Crippen LogP contribution is 2.23. The summed E-state index contributed by atoms with van der Waals surface area (Å²) in [5.74, 6) is -0.568. The van der Waals surface area contributed by atoms with Crippen molar-refractivity contribution < 1.29 is 13.7 Å². The van der Waals surface area contributed by atoms with Gasteiger partial charge in [-0.15, -0.1) is 0 Å². The molecule has 1 heterocycles. The van der Waals surface area contributed by atoms with Crippen LogP contribution >= 0.6 is 0 Å². The lowest BCUT2D eigenvalue weighted by molar-refractivity contribution is 0.0931. The Morgan fingerprint density at radius 2 is 1.83 bits per heavy atom. The molecule has 1 amide bonds. The molecule has 0 radical (unpaired) electrons. The minimum Gasteiger partial charge on any atom is -0.355 e. The molecule has 2 aromatic carbocycles. The van der Waals surface area contributed by atoms with Crippen LogP contribution in [0.1, 0.15) is 29.0 Å². The molecule has 0 saturated carbocycles. The lowest BCUT2D eigenvalue weighted by Gasteiger charge is -2.12. The number of carbonyl (C=O) groups is 1. The van der Waals surface area contributed by atoms with Crippen molar-refractivity contribution in [2.24, 2.45) is 0 Å². The van der Waals surface area contributed by atoms with Crippen LogP contribution in [-0.4, -0.2) is 11.1 Å². The third-order valence-electron chi connectivity index (χ3n) is 3.53. The van der Waals surface area contributed by atoms with E-state index in [0.717, 1.165) is 5.56 Å². The number of benzene rings is 2. The Kier molecular flexibility index (Phi) is 4.19. The first-order chi connectivity index (χ1) is 11.1. The zero-order valence-corrected chi connectivity index (χ0v) is 12.5. The van der Waals surface area contributed by atoms with Gasteiger partial charge in [0, 0.05) is 6.07 Å². The van der Waals surface area contributed by atoms with Crippen molar-refractivity contribution in [1.82, 2.24) is 10.5 Å². The molecule has 0 saturated heterocycles. The molecular weight excluding hydrogens is 295 g/mol. The van der Waals surface area contributed by atoms with Gasteiger partial charge in [-0.25, -0.2) is 4.39 Å². The molecule has 5 heteroatoms. The van der Waals surface area contributed by atoms with Crippen molar-refractivity contribution in [2.45, 2.75) is 13.0 Å². The number of rotatable bonds is 4. The molecule has 0 aliphatic rings. The molecular formula is C18H15FN2O2. The normalized spacial score (nSPS) is 11.9. The first kappa shape index (κ1) is 15.0. The van der Waals surface area contributed by atoms with E-state index in [2.05, 4.69) is 10.5 Å². The van der Waals surface area contributed by atoms with Gasteiger partial charge in [-0.1, -0.05) is 47.6 Å². The average Bonchev–Trinajstić information content (AvgIpc) is 3.06. The van der Waals surface area contributed by atoms with Crippen molar-refractivity contribution >= 4 is 5.91 Å². The second-order valence-electron chi connectivity index (χ2n) is 5.16. The number of carbonyl (C=O) groups excluding carboxylic acids is 1. The van der Waals surface area contributed by atoms with Gasteiger partial charge in [0.2, 0.25) is 0 Å². The summed E-state index contributed by atoms with van der Waals surface area (Å²) in [6.45, 7) is 1.88. The van der Waals surface area contributed by atoms with E-state index < -0.39 is 5.82 Å². The Bertz CT molecular complexity index is 815. The predicted molar refractivity (Wildman–Crippen MR) is 84.2 cm³/mol. The predicted octanol–water partition coefficient (Wildman–Crippen LogP) is 3.97. The summed E-state index contributed by atoms with van der Waals surface area (Å²) in [5, 5.41) is 6.56. The van der Waals surface area contributed by atoms with Gasteiger partial charge in [0.25, 0.3) is 5.91 Å². The van der Waals surface area contributed by atoms with Crippen LogP contribution in [0.15, 0.2) is 65.2 Å². The van der Waals surface area contributed by atoms with E-state index in [0.29, 0.717) is 0 Å². The molecule has 1 aromatic heterocycles. The van der Waals surface area contributed by atoms with Gasteiger partial charge in [-0.2, -0.15) is 0 Å². The van der Waals surface area contributed by atoms with Gasteiger partial charge >= 0.3 is 0 Å². The molecule has 0 fully saturated rings. The highest BCUT2D eigenvalue weighted by molar-refractivity contribution is 5.93. The molecule has 0 spiro atoms. The van der Waals surface area contributed by atoms with Crippen LogP contribution in [0.3, 0.4) is 0 Å². The molecule has 4 nitrogen and oxygen atoms in total. The van der Waals surface area contributed by atoms with Crippen LogP contribution in [0.25, 0.3) is 11.3 Å². The standard InChI is InChI=1S/C18H15FN2O2/c1-12(13-7-3-2-4-8-13)20-18(22)16-11-17(23-21-16)14-9-5-6-10-15(14)19/h2-12H,1H3,(H,20,22). The number of hydrogen-bond acceptors (Lipinski definition) is 3. The molecule has 0 bridgehead atoms. The lowest BCUT2D eigenvalue weighted by atomic mass is 10.1. The summed E-state index contributed by atoms with van der Waals surface area (Å²) in [6.07, 6.45) is 0. The molecule has 116 valence electrons. The largest absolute Gasteiger partial charge is 0.355 e. The Balaban J connectivity index is 1.75. The second-order valence-corrected chi connectivity index (χ2v) is 5.16. The SMILES string of the molecule is CC(NC(=O)c1cc(-c2ccccc2F)on1)c1ccccc1. The Labute approximate surface area is 132 Å². The van der Waals surface area contributed by atoms with E-state index in [1.165, 1.54) is 12.1 Å². The van der Waals surface area contributed by atoms with Crippen LogP contribution in [0.5, 0.6) is 0 Å². The molecule has 0 aliphatic carbocycles. The monoisotopic (exact) mass is 310 g/mol. The fourth-order valence-corrected chi connectivity index (χ4v) is 2.27. The van der Waals surface area contributed by atoms with E-state index in [1.54, 1.807) is 18.2 Å². The van der Waals surface area contributed by atoms with Gasteiger partial charge in [0.1, 0.15) is 5.82 Å². The van der Waals surface area contributed by atoms with Crippen molar-refractivity contribution in [3.63, 3.8) is 0 Å². The maximum atomic E-state index is 13.7. The third kappa shape index (κ3) is 3.29. The summed E-state index contributed by atoms with van der Waals surface area (Å²) in [7, 11) is 0. The number of nitrogens with zero attached hydrogens (tertiary/aromatic N) is 1. The van der Waals surface area contributed by atoms with Gasteiger partial charge in [0.15, 0.2) is 11.5 Å². The lowest BCUT2D eigenvalue weighted by Crippen LogP contribution is -2.26. The van der Waals surface area contributed by atoms with Gasteiger partial charge in [-0.05, 0) is 24.6 Å². The number of aromatic nitrogens is 1. The molecule has 1 N–H and O–H groups in total. The van der Waals surface area contributed by atoms with Crippen molar-refractivity contribution in [1.29, 1.82) is 0 Å². The van der Waals surface area contributed by atoms with Gasteiger partial charge < -0.3 is 9.84 Å². The number of nitrogens with one attached hydrogen (secondary N) is 1. The van der Waals surface area contributed by atoms with Gasteiger partial charge in [-0.3, -0.25) is 4.79 Å². The molecule has 0 aliphatic heterocycles. The van der Waals surface area contributed by atoms with Crippen molar-refractivity contribution in [3.05, 3.63) is 77.7 Å². The van der Waals surface area contributed by atoms with Crippen LogP contribution in [-0.2, 0) is 0 Å². The summed E-state index contributed by atoms with van der Waals surface area (Å²) >= 11 is 0. The van der Waals surface area contributed by atoms with E-state index in [-0.39, 0.29) is 29.0 Å². The summed E-state index contributed by atoms with van der Waals surface area (Å²) < 4.78 is 18.8. The van der Waals surface area contributed by atoms with E-state index >= 15 is 0 Å². The maximum Gasteiger partial charge on any atom is 0.273 e. The second kappa shape index (κ2) is 6.44. The summed E-state index contributed by atoms with van der Waals surface area (Å²) in [5.41, 5.74) is 1.37. The van der Waals surface area contributed by atoms with Crippen LogP contribution in [0.2, 0.25) is 0 Å². The Morgan fingerprint density at radius 3 is 2.57 bits per heavy atom. The third-order valence-corrected chi connectivity index (χ3v) is 3.53. The smallest absolute Gasteiger partial charge is 0.273 e. The maximum absolute atomic E-state index is 13.7. The fourth-order valence-electron chi connectivity index (χ4n) is 2.27. The Hall–Kier alpha value is -2.95. The van der Waals surface area contributed by atoms with Crippen LogP contribution in [0, 0.1) is 5.82 Å². The molecule has 1 unspecified atom stereocenters. The quantitative estimate of drug-likeness (QED) is 0.793. The number of halogens is 1. The molecule has 23 heavy (non-hydrogen) atoms. The highest BCUT2D eigenvalue weighted by atomic mass is 19.1. The first-order valence-corrected chi connectivity index (χ1v) is 7.22. The Morgan fingerprint density at radius 1 is 1.13 bits per heavy atom. The van der Waals surface area contributed by atoms with Crippen molar-refractivity contribution in [2.75, 3.05) is 0 Å². The minimum absolute atomic E-state index is 0.117. The zero-order chi connectivity index (χ0) is 16.2.